The highest BCUT2D eigenvalue weighted by atomic mass is 32.1. The Morgan fingerprint density at radius 1 is 1.00 bits per heavy atom. The van der Waals surface area contributed by atoms with E-state index in [1.54, 1.807) is 12.3 Å². The van der Waals surface area contributed by atoms with Crippen LogP contribution in [0.1, 0.15) is 26.4 Å². The monoisotopic (exact) mass is 430 g/mol. The lowest BCUT2D eigenvalue weighted by Crippen LogP contribution is -2.22. The van der Waals surface area contributed by atoms with Crippen molar-refractivity contribution < 1.29 is 9.53 Å². The summed E-state index contributed by atoms with van der Waals surface area (Å²) in [7, 11) is 0. The van der Waals surface area contributed by atoms with Crippen molar-refractivity contribution in [1.29, 1.82) is 0 Å². The molecule has 0 saturated heterocycles. The molecule has 0 spiro atoms. The van der Waals surface area contributed by atoms with Gasteiger partial charge in [-0.1, -0.05) is 60.7 Å². The number of pyridine rings is 1. The van der Waals surface area contributed by atoms with Crippen LogP contribution in [-0.2, 0) is 13.2 Å². The number of thiophene rings is 1. The van der Waals surface area contributed by atoms with E-state index < -0.39 is 0 Å². The summed E-state index contributed by atoms with van der Waals surface area (Å²) in [4.78, 5) is 29.4. The van der Waals surface area contributed by atoms with Crippen LogP contribution >= 0.6 is 11.3 Å². The number of aromatic nitrogens is 1. The second kappa shape index (κ2) is 9.45. The van der Waals surface area contributed by atoms with Crippen LogP contribution < -0.4 is 15.6 Å². The number of aromatic amines is 1. The molecule has 2 aromatic carbocycles. The van der Waals surface area contributed by atoms with Gasteiger partial charge < -0.3 is 15.0 Å². The summed E-state index contributed by atoms with van der Waals surface area (Å²) in [6.07, 6.45) is 1.57. The molecule has 0 atom stereocenters. The lowest BCUT2D eigenvalue weighted by atomic mass is 10.1. The number of carbonyl (C=O) groups is 1. The summed E-state index contributed by atoms with van der Waals surface area (Å²) in [5, 5.41) is 2.95. The van der Waals surface area contributed by atoms with E-state index in [1.165, 1.54) is 11.3 Å². The zero-order valence-electron chi connectivity index (χ0n) is 17.1. The third kappa shape index (κ3) is 4.92. The summed E-state index contributed by atoms with van der Waals surface area (Å²) in [5.41, 5.74) is 3.05. The lowest BCUT2D eigenvalue weighted by molar-refractivity contribution is 0.0954. The second-order valence-electron chi connectivity index (χ2n) is 7.11. The molecule has 0 aliphatic heterocycles. The van der Waals surface area contributed by atoms with Crippen LogP contribution in [0.25, 0.3) is 10.4 Å². The predicted molar refractivity (Wildman–Crippen MR) is 123 cm³/mol. The maximum atomic E-state index is 12.7. The van der Waals surface area contributed by atoms with Gasteiger partial charge in [0, 0.05) is 17.6 Å². The van der Waals surface area contributed by atoms with Gasteiger partial charge in [0.1, 0.15) is 12.4 Å². The molecule has 4 rings (SSSR count). The van der Waals surface area contributed by atoms with Gasteiger partial charge in [0.15, 0.2) is 0 Å². The fraction of sp³-hybridized carbons (Fsp3) is 0.120. The number of hydrogen-bond acceptors (Lipinski definition) is 4. The van der Waals surface area contributed by atoms with Gasteiger partial charge in [-0.25, -0.2) is 0 Å². The highest BCUT2D eigenvalue weighted by molar-refractivity contribution is 7.17. The molecule has 0 radical (unpaired) electrons. The molecule has 0 saturated carbocycles. The second-order valence-corrected chi connectivity index (χ2v) is 8.16. The third-order valence-electron chi connectivity index (χ3n) is 4.83. The van der Waals surface area contributed by atoms with Gasteiger partial charge in [0.05, 0.1) is 10.4 Å². The van der Waals surface area contributed by atoms with Crippen molar-refractivity contribution in [3.05, 3.63) is 111 Å². The molecule has 6 heteroatoms. The Morgan fingerprint density at radius 3 is 2.39 bits per heavy atom. The zero-order valence-corrected chi connectivity index (χ0v) is 17.9. The van der Waals surface area contributed by atoms with Crippen LogP contribution in [0.15, 0.2) is 83.8 Å². The quantitative estimate of drug-likeness (QED) is 0.437. The van der Waals surface area contributed by atoms with E-state index in [-0.39, 0.29) is 11.5 Å². The molecule has 0 aliphatic carbocycles. The molecule has 4 aromatic rings. The van der Waals surface area contributed by atoms with E-state index in [0.29, 0.717) is 34.2 Å². The molecule has 31 heavy (non-hydrogen) atoms. The predicted octanol–water partition coefficient (Wildman–Crippen LogP) is 4.92. The average molecular weight is 431 g/mol. The molecular formula is C25H22N2O3S. The minimum absolute atomic E-state index is 0.156. The first-order valence-electron chi connectivity index (χ1n) is 9.93. The molecule has 1 amide bonds. The van der Waals surface area contributed by atoms with E-state index in [4.69, 9.17) is 4.74 Å². The first kappa shape index (κ1) is 20.6. The largest absolute Gasteiger partial charge is 0.488 e. The van der Waals surface area contributed by atoms with Crippen molar-refractivity contribution in [3.63, 3.8) is 0 Å². The summed E-state index contributed by atoms with van der Waals surface area (Å²) in [6, 6.07) is 23.1. The highest BCUT2D eigenvalue weighted by Crippen LogP contribution is 2.34. The summed E-state index contributed by atoms with van der Waals surface area (Å²) < 4.78 is 5.96. The fourth-order valence-electron chi connectivity index (χ4n) is 3.24. The van der Waals surface area contributed by atoms with Crippen molar-refractivity contribution in [2.75, 3.05) is 0 Å². The van der Waals surface area contributed by atoms with Crippen LogP contribution in [0.3, 0.4) is 0 Å². The SMILES string of the molecule is Cc1cc(-c2c(OCc3ccccc3)cc[nH]c2=O)sc1C(=O)NCc1ccccc1. The first-order valence-corrected chi connectivity index (χ1v) is 10.7. The Hall–Kier alpha value is -3.64. The standard InChI is InChI=1S/C25H22N2O3S/c1-17-14-21(31-23(17)25(29)27-15-18-8-4-2-5-9-18)22-20(12-13-26-24(22)28)30-16-19-10-6-3-7-11-19/h2-14H,15-16H2,1H3,(H,26,28)(H,27,29). The smallest absolute Gasteiger partial charge is 0.261 e. The number of benzene rings is 2. The maximum absolute atomic E-state index is 12.7. The lowest BCUT2D eigenvalue weighted by Gasteiger charge is -2.09. The Kier molecular flexibility index (Phi) is 6.29. The Balaban J connectivity index is 1.56. The van der Waals surface area contributed by atoms with Crippen molar-refractivity contribution >= 4 is 17.2 Å². The number of aryl methyl sites for hydroxylation is 1. The molecule has 2 heterocycles. The molecule has 156 valence electrons. The Morgan fingerprint density at radius 2 is 1.68 bits per heavy atom. The van der Waals surface area contributed by atoms with Crippen LogP contribution in [0.4, 0.5) is 0 Å². The van der Waals surface area contributed by atoms with Crippen LogP contribution in [-0.4, -0.2) is 10.9 Å². The number of amides is 1. The number of rotatable bonds is 7. The van der Waals surface area contributed by atoms with Crippen LogP contribution in [0.2, 0.25) is 0 Å². The Labute approximate surface area is 184 Å². The van der Waals surface area contributed by atoms with Gasteiger partial charge in [-0.2, -0.15) is 0 Å². The van der Waals surface area contributed by atoms with E-state index >= 15 is 0 Å². The van der Waals surface area contributed by atoms with Crippen molar-refractivity contribution in [2.24, 2.45) is 0 Å². The fourth-order valence-corrected chi connectivity index (χ4v) is 4.37. The third-order valence-corrected chi connectivity index (χ3v) is 6.08. The van der Waals surface area contributed by atoms with E-state index in [2.05, 4.69) is 10.3 Å². The van der Waals surface area contributed by atoms with E-state index in [1.807, 2.05) is 73.7 Å². The molecule has 0 aliphatic rings. The molecule has 0 bridgehead atoms. The van der Waals surface area contributed by atoms with Crippen LogP contribution in [0, 0.1) is 6.92 Å². The number of ether oxygens (including phenoxy) is 1. The number of hydrogen-bond donors (Lipinski definition) is 2. The number of H-pyrrole nitrogens is 1. The maximum Gasteiger partial charge on any atom is 0.261 e. The van der Waals surface area contributed by atoms with Crippen molar-refractivity contribution in [1.82, 2.24) is 10.3 Å². The molecular weight excluding hydrogens is 408 g/mol. The minimum Gasteiger partial charge on any atom is -0.488 e. The van der Waals surface area contributed by atoms with Crippen molar-refractivity contribution in [2.45, 2.75) is 20.1 Å². The average Bonchev–Trinajstić information content (AvgIpc) is 3.18. The highest BCUT2D eigenvalue weighted by Gasteiger charge is 2.19. The molecule has 0 unspecified atom stereocenters. The van der Waals surface area contributed by atoms with Gasteiger partial charge in [-0.05, 0) is 35.7 Å². The Bertz CT molecular complexity index is 1230. The van der Waals surface area contributed by atoms with Gasteiger partial charge >= 0.3 is 0 Å². The molecule has 2 N–H and O–H groups in total. The summed E-state index contributed by atoms with van der Waals surface area (Å²) >= 11 is 1.29. The topological polar surface area (TPSA) is 71.2 Å². The van der Waals surface area contributed by atoms with Gasteiger partial charge in [0.25, 0.3) is 11.5 Å². The van der Waals surface area contributed by atoms with Crippen molar-refractivity contribution in [3.8, 4) is 16.2 Å². The van der Waals surface area contributed by atoms with Crippen LogP contribution in [0.5, 0.6) is 5.75 Å². The normalized spacial score (nSPS) is 10.6. The molecule has 5 nitrogen and oxygen atoms in total. The minimum atomic E-state index is -0.247. The summed E-state index contributed by atoms with van der Waals surface area (Å²) in [5.74, 6) is 0.335. The molecule has 2 aromatic heterocycles. The van der Waals surface area contributed by atoms with E-state index in [9.17, 15) is 9.59 Å². The van der Waals surface area contributed by atoms with Gasteiger partial charge in [-0.3, -0.25) is 9.59 Å². The van der Waals surface area contributed by atoms with E-state index in [0.717, 1.165) is 16.7 Å². The van der Waals surface area contributed by atoms with Gasteiger partial charge in [-0.15, -0.1) is 11.3 Å². The number of carbonyl (C=O) groups excluding carboxylic acids is 1. The molecule has 0 fully saturated rings. The number of nitrogens with one attached hydrogen (secondary N) is 2. The first-order chi connectivity index (χ1) is 15.1. The summed E-state index contributed by atoms with van der Waals surface area (Å²) in [6.45, 7) is 2.68. The zero-order chi connectivity index (χ0) is 21.6. The van der Waals surface area contributed by atoms with Gasteiger partial charge in [0.2, 0.25) is 0 Å².